The van der Waals surface area contributed by atoms with Crippen LogP contribution in [0.5, 0.6) is 0 Å². The van der Waals surface area contributed by atoms with E-state index in [4.69, 9.17) is 11.6 Å². The predicted molar refractivity (Wildman–Crippen MR) is 103 cm³/mol. The Bertz CT molecular complexity index is 1050. The normalized spacial score (nSPS) is 12.8. The maximum Gasteiger partial charge on any atom is 0.258 e. The zero-order valence-electron chi connectivity index (χ0n) is 14.1. The summed E-state index contributed by atoms with van der Waals surface area (Å²) in [5, 5.41) is 3.01. The highest BCUT2D eigenvalue weighted by atomic mass is 35.5. The summed E-state index contributed by atoms with van der Waals surface area (Å²) >= 11 is 6.31. The number of hydrogen-bond acceptors (Lipinski definition) is 2. The smallest absolute Gasteiger partial charge is 0.258 e. The second-order valence-electron chi connectivity index (χ2n) is 6.17. The number of carbonyl (C=O) groups is 2. The summed E-state index contributed by atoms with van der Waals surface area (Å²) in [7, 11) is 0. The third-order valence-corrected chi connectivity index (χ3v) is 4.75. The van der Waals surface area contributed by atoms with Crippen LogP contribution in [0.15, 0.2) is 66.7 Å². The lowest BCUT2D eigenvalue weighted by Gasteiger charge is -2.17. The zero-order valence-corrected chi connectivity index (χ0v) is 14.8. The second kappa shape index (κ2) is 6.85. The lowest BCUT2D eigenvalue weighted by atomic mass is 10.1. The molecule has 3 aromatic carbocycles. The summed E-state index contributed by atoms with van der Waals surface area (Å²) in [4.78, 5) is 26.5. The number of hydrogen-bond donors (Lipinski definition) is 1. The molecule has 0 radical (unpaired) electrons. The lowest BCUT2D eigenvalue weighted by Crippen LogP contribution is -2.23. The minimum atomic E-state index is -0.412. The first kappa shape index (κ1) is 17.2. The summed E-state index contributed by atoms with van der Waals surface area (Å²) in [5.74, 6) is -0.885. The van der Waals surface area contributed by atoms with E-state index in [1.807, 2.05) is 18.2 Å². The van der Waals surface area contributed by atoms with E-state index in [0.29, 0.717) is 34.1 Å². The molecule has 6 heteroatoms. The molecule has 1 N–H and O–H groups in total. The number of rotatable bonds is 3. The molecule has 0 unspecified atom stereocenters. The third-order valence-electron chi connectivity index (χ3n) is 4.44. The van der Waals surface area contributed by atoms with E-state index in [0.717, 1.165) is 5.56 Å². The number of nitrogens with zero attached hydrogens (tertiary/aromatic N) is 1. The summed E-state index contributed by atoms with van der Waals surface area (Å²) in [5.41, 5.74) is 3.04. The van der Waals surface area contributed by atoms with Crippen molar-refractivity contribution < 1.29 is 14.0 Å². The average molecular weight is 381 g/mol. The number of amides is 2. The van der Waals surface area contributed by atoms with E-state index < -0.39 is 11.7 Å². The second-order valence-corrected chi connectivity index (χ2v) is 6.58. The van der Waals surface area contributed by atoms with E-state index in [2.05, 4.69) is 5.32 Å². The van der Waals surface area contributed by atoms with E-state index in [1.54, 1.807) is 29.2 Å². The van der Waals surface area contributed by atoms with Gasteiger partial charge in [-0.25, -0.2) is 4.39 Å². The van der Waals surface area contributed by atoms with Gasteiger partial charge in [0.1, 0.15) is 5.82 Å². The molecule has 3 aromatic rings. The van der Waals surface area contributed by atoms with Crippen molar-refractivity contribution in [3.63, 3.8) is 0 Å². The van der Waals surface area contributed by atoms with Gasteiger partial charge in [-0.2, -0.15) is 0 Å². The molecule has 0 aromatic heterocycles. The molecular weight excluding hydrogens is 367 g/mol. The Hall–Kier alpha value is -3.18. The van der Waals surface area contributed by atoms with E-state index in [-0.39, 0.29) is 5.91 Å². The van der Waals surface area contributed by atoms with Crippen LogP contribution in [-0.4, -0.2) is 11.8 Å². The minimum absolute atomic E-state index is 0.0789. The molecule has 1 aliphatic heterocycles. The highest BCUT2D eigenvalue weighted by Crippen LogP contribution is 2.33. The van der Waals surface area contributed by atoms with Crippen molar-refractivity contribution in [1.29, 1.82) is 0 Å². The maximum absolute atomic E-state index is 13.0. The molecule has 0 saturated heterocycles. The van der Waals surface area contributed by atoms with Crippen molar-refractivity contribution in [2.45, 2.75) is 6.54 Å². The predicted octanol–water partition coefficient (Wildman–Crippen LogP) is 4.89. The van der Waals surface area contributed by atoms with Gasteiger partial charge in [0.25, 0.3) is 11.8 Å². The first-order valence-electron chi connectivity index (χ1n) is 8.29. The summed E-state index contributed by atoms with van der Waals surface area (Å²) in [6.07, 6.45) is 0. The van der Waals surface area contributed by atoms with Crippen LogP contribution < -0.4 is 10.2 Å². The number of carbonyl (C=O) groups excluding carboxylic acids is 2. The molecule has 27 heavy (non-hydrogen) atoms. The molecule has 1 aliphatic rings. The quantitative estimate of drug-likeness (QED) is 0.703. The van der Waals surface area contributed by atoms with Gasteiger partial charge in [-0.15, -0.1) is 0 Å². The molecule has 0 bridgehead atoms. The molecule has 0 fully saturated rings. The number of anilines is 2. The molecule has 4 nitrogen and oxygen atoms in total. The number of halogens is 2. The van der Waals surface area contributed by atoms with Gasteiger partial charge in [-0.1, -0.05) is 29.8 Å². The molecular formula is C21H14ClFN2O2. The van der Waals surface area contributed by atoms with Crippen molar-refractivity contribution in [3.05, 3.63) is 94.3 Å². The Labute approximate surface area is 160 Å². The fraction of sp³-hybridized carbons (Fsp3) is 0.0476. The fourth-order valence-electron chi connectivity index (χ4n) is 3.03. The van der Waals surface area contributed by atoms with Crippen LogP contribution in [0.3, 0.4) is 0 Å². The van der Waals surface area contributed by atoms with Crippen molar-refractivity contribution >= 4 is 34.8 Å². The van der Waals surface area contributed by atoms with Crippen LogP contribution in [0.25, 0.3) is 0 Å². The molecule has 0 aliphatic carbocycles. The molecule has 2 amide bonds. The Kier molecular flexibility index (Phi) is 4.38. The largest absolute Gasteiger partial charge is 0.321 e. The molecule has 4 rings (SSSR count). The van der Waals surface area contributed by atoms with Crippen LogP contribution in [0, 0.1) is 5.82 Å². The van der Waals surface area contributed by atoms with Crippen LogP contribution >= 0.6 is 11.6 Å². The Balaban J connectivity index is 1.54. The van der Waals surface area contributed by atoms with Crippen LogP contribution in [0.1, 0.15) is 26.3 Å². The third kappa shape index (κ3) is 3.29. The Morgan fingerprint density at radius 1 is 1.04 bits per heavy atom. The van der Waals surface area contributed by atoms with Crippen LogP contribution in [0.4, 0.5) is 15.8 Å². The van der Waals surface area contributed by atoms with Gasteiger partial charge in [0, 0.05) is 16.8 Å². The Morgan fingerprint density at radius 3 is 2.48 bits per heavy atom. The standard InChI is InChI=1S/C21H14ClFN2O2/c22-18-11-16(25-12-14-3-1-2-4-17(14)21(25)27)9-10-19(18)24-20(26)13-5-7-15(23)8-6-13/h1-11H,12H2,(H,24,26). The highest BCUT2D eigenvalue weighted by molar-refractivity contribution is 6.34. The van der Waals surface area contributed by atoms with E-state index >= 15 is 0 Å². The van der Waals surface area contributed by atoms with E-state index in [9.17, 15) is 14.0 Å². The van der Waals surface area contributed by atoms with Gasteiger partial charge in [-0.05, 0) is 54.1 Å². The van der Waals surface area contributed by atoms with Crippen LogP contribution in [-0.2, 0) is 6.54 Å². The molecule has 0 saturated carbocycles. The fourth-order valence-corrected chi connectivity index (χ4v) is 3.25. The van der Waals surface area contributed by atoms with Crippen molar-refractivity contribution in [2.24, 2.45) is 0 Å². The number of fused-ring (bicyclic) bond motifs is 1. The van der Waals surface area contributed by atoms with Crippen molar-refractivity contribution in [1.82, 2.24) is 0 Å². The van der Waals surface area contributed by atoms with Gasteiger partial charge < -0.3 is 10.2 Å². The van der Waals surface area contributed by atoms with Crippen molar-refractivity contribution in [2.75, 3.05) is 10.2 Å². The Morgan fingerprint density at radius 2 is 1.78 bits per heavy atom. The van der Waals surface area contributed by atoms with Gasteiger partial charge in [-0.3, -0.25) is 9.59 Å². The molecule has 134 valence electrons. The molecule has 0 spiro atoms. The maximum atomic E-state index is 13.0. The van der Waals surface area contributed by atoms with Crippen LogP contribution in [0.2, 0.25) is 5.02 Å². The van der Waals surface area contributed by atoms with Gasteiger partial charge in [0.15, 0.2) is 0 Å². The highest BCUT2D eigenvalue weighted by Gasteiger charge is 2.28. The SMILES string of the molecule is O=C(Nc1ccc(N2Cc3ccccc3C2=O)cc1Cl)c1ccc(F)cc1. The molecule has 1 heterocycles. The lowest BCUT2D eigenvalue weighted by molar-refractivity contribution is 0.0994. The van der Waals surface area contributed by atoms with Gasteiger partial charge >= 0.3 is 0 Å². The zero-order chi connectivity index (χ0) is 19.0. The summed E-state index contributed by atoms with van der Waals surface area (Å²) in [6, 6.07) is 17.7. The summed E-state index contributed by atoms with van der Waals surface area (Å²) in [6.45, 7) is 0.479. The first-order valence-corrected chi connectivity index (χ1v) is 8.67. The van der Waals surface area contributed by atoms with Gasteiger partial charge in [0.2, 0.25) is 0 Å². The monoisotopic (exact) mass is 380 g/mol. The first-order chi connectivity index (χ1) is 13.0. The topological polar surface area (TPSA) is 49.4 Å². The van der Waals surface area contributed by atoms with Gasteiger partial charge in [0.05, 0.1) is 17.3 Å². The summed E-state index contributed by atoms with van der Waals surface area (Å²) < 4.78 is 13.0. The van der Waals surface area contributed by atoms with E-state index in [1.165, 1.54) is 24.3 Å². The number of benzene rings is 3. The molecule has 0 atom stereocenters. The number of nitrogens with one attached hydrogen (secondary N) is 1. The average Bonchev–Trinajstić information content (AvgIpc) is 3.01. The minimum Gasteiger partial charge on any atom is -0.321 e. The van der Waals surface area contributed by atoms with Crippen molar-refractivity contribution in [3.8, 4) is 0 Å².